The SMILES string of the molecule is O=C(CCl)N1CCN(C2CCSC2)CC1. The predicted molar refractivity (Wildman–Crippen MR) is 64.6 cm³/mol. The van der Waals surface area contributed by atoms with Crippen molar-refractivity contribution in [2.24, 2.45) is 0 Å². The normalized spacial score (nSPS) is 28.3. The fourth-order valence-electron chi connectivity index (χ4n) is 2.23. The molecule has 2 heterocycles. The quantitative estimate of drug-likeness (QED) is 0.678. The minimum atomic E-state index is 0.0807. The molecule has 2 aliphatic heterocycles. The molecule has 1 atom stereocenters. The summed E-state index contributed by atoms with van der Waals surface area (Å²) in [5.74, 6) is 2.77. The summed E-state index contributed by atoms with van der Waals surface area (Å²) in [5.41, 5.74) is 0. The number of amides is 1. The second-order valence-electron chi connectivity index (χ2n) is 4.07. The number of carbonyl (C=O) groups is 1. The Morgan fingerprint density at radius 3 is 2.60 bits per heavy atom. The molecule has 5 heteroatoms. The lowest BCUT2D eigenvalue weighted by molar-refractivity contribution is -0.130. The summed E-state index contributed by atoms with van der Waals surface area (Å²) in [6.07, 6.45) is 1.31. The van der Waals surface area contributed by atoms with Crippen LogP contribution < -0.4 is 0 Å². The molecule has 3 nitrogen and oxygen atoms in total. The molecule has 0 aromatic heterocycles. The number of alkyl halides is 1. The van der Waals surface area contributed by atoms with Gasteiger partial charge in [0.2, 0.25) is 5.91 Å². The summed E-state index contributed by atoms with van der Waals surface area (Å²) < 4.78 is 0. The lowest BCUT2D eigenvalue weighted by Crippen LogP contribution is -2.52. The second kappa shape index (κ2) is 5.41. The Labute approximate surface area is 100 Å². The highest BCUT2D eigenvalue weighted by Gasteiger charge is 2.27. The van der Waals surface area contributed by atoms with E-state index < -0.39 is 0 Å². The Morgan fingerprint density at radius 2 is 2.07 bits per heavy atom. The Kier molecular flexibility index (Phi) is 4.17. The van der Waals surface area contributed by atoms with Gasteiger partial charge in [-0.05, 0) is 12.2 Å². The zero-order valence-electron chi connectivity index (χ0n) is 8.82. The fraction of sp³-hybridized carbons (Fsp3) is 0.900. The van der Waals surface area contributed by atoms with Crippen LogP contribution in [0, 0.1) is 0 Å². The minimum absolute atomic E-state index is 0.0807. The van der Waals surface area contributed by atoms with Gasteiger partial charge in [0.15, 0.2) is 0 Å². The van der Waals surface area contributed by atoms with Crippen molar-refractivity contribution in [3.63, 3.8) is 0 Å². The Balaban J connectivity index is 1.78. The molecule has 0 aliphatic carbocycles. The molecular formula is C10H17ClN2OS. The van der Waals surface area contributed by atoms with Crippen molar-refractivity contribution in [2.45, 2.75) is 12.5 Å². The first-order chi connectivity index (χ1) is 7.31. The summed E-state index contributed by atoms with van der Waals surface area (Å²) in [4.78, 5) is 15.8. The maximum absolute atomic E-state index is 11.4. The van der Waals surface area contributed by atoms with Crippen LogP contribution in [-0.2, 0) is 4.79 Å². The van der Waals surface area contributed by atoms with E-state index in [-0.39, 0.29) is 11.8 Å². The molecule has 1 amide bonds. The number of hydrogen-bond acceptors (Lipinski definition) is 3. The molecule has 0 aromatic carbocycles. The summed E-state index contributed by atoms with van der Waals surface area (Å²) >= 11 is 7.58. The van der Waals surface area contributed by atoms with Gasteiger partial charge in [0, 0.05) is 38.0 Å². The first-order valence-corrected chi connectivity index (χ1v) is 7.15. The third kappa shape index (κ3) is 2.80. The molecule has 2 rings (SSSR count). The molecule has 86 valence electrons. The van der Waals surface area contributed by atoms with E-state index >= 15 is 0 Å². The summed E-state index contributed by atoms with van der Waals surface area (Å²) in [6.45, 7) is 3.75. The molecule has 1 unspecified atom stereocenters. The number of piperazine rings is 1. The zero-order valence-corrected chi connectivity index (χ0v) is 10.4. The first kappa shape index (κ1) is 11.6. The molecule has 2 fully saturated rings. The maximum atomic E-state index is 11.4. The van der Waals surface area contributed by atoms with Crippen molar-refractivity contribution in [2.75, 3.05) is 43.6 Å². The predicted octanol–water partition coefficient (Wildman–Crippen LogP) is 0.875. The van der Waals surface area contributed by atoms with Crippen LogP contribution in [0.3, 0.4) is 0 Å². The van der Waals surface area contributed by atoms with Crippen molar-refractivity contribution in [1.82, 2.24) is 9.80 Å². The molecule has 0 radical (unpaired) electrons. The average Bonchev–Trinajstić information content (AvgIpc) is 2.82. The van der Waals surface area contributed by atoms with Crippen LogP contribution in [0.25, 0.3) is 0 Å². The van der Waals surface area contributed by atoms with E-state index in [0.29, 0.717) is 0 Å². The number of thioether (sulfide) groups is 1. The molecule has 2 saturated heterocycles. The van der Waals surface area contributed by atoms with Gasteiger partial charge in [-0.15, -0.1) is 11.6 Å². The third-order valence-electron chi connectivity index (χ3n) is 3.20. The zero-order chi connectivity index (χ0) is 10.7. The van der Waals surface area contributed by atoms with Gasteiger partial charge in [-0.2, -0.15) is 11.8 Å². The second-order valence-corrected chi connectivity index (χ2v) is 5.48. The molecule has 15 heavy (non-hydrogen) atoms. The number of rotatable bonds is 2. The van der Waals surface area contributed by atoms with E-state index in [1.54, 1.807) is 0 Å². The van der Waals surface area contributed by atoms with E-state index in [4.69, 9.17) is 11.6 Å². The third-order valence-corrected chi connectivity index (χ3v) is 4.58. The van der Waals surface area contributed by atoms with Gasteiger partial charge >= 0.3 is 0 Å². The Morgan fingerprint density at radius 1 is 1.33 bits per heavy atom. The molecule has 0 saturated carbocycles. The highest BCUT2D eigenvalue weighted by molar-refractivity contribution is 7.99. The van der Waals surface area contributed by atoms with E-state index in [1.165, 1.54) is 17.9 Å². The molecular weight excluding hydrogens is 232 g/mol. The van der Waals surface area contributed by atoms with Gasteiger partial charge < -0.3 is 4.90 Å². The number of hydrogen-bond donors (Lipinski definition) is 0. The smallest absolute Gasteiger partial charge is 0.237 e. The fourth-order valence-corrected chi connectivity index (χ4v) is 3.66. The van der Waals surface area contributed by atoms with Crippen LogP contribution in [-0.4, -0.2) is 65.3 Å². The van der Waals surface area contributed by atoms with Crippen molar-refractivity contribution in [3.8, 4) is 0 Å². The summed E-state index contributed by atoms with van der Waals surface area (Å²) in [6, 6.07) is 0.753. The van der Waals surface area contributed by atoms with E-state index in [2.05, 4.69) is 4.90 Å². The van der Waals surface area contributed by atoms with E-state index in [9.17, 15) is 4.79 Å². The van der Waals surface area contributed by atoms with Gasteiger partial charge in [-0.25, -0.2) is 0 Å². The molecule has 2 aliphatic rings. The van der Waals surface area contributed by atoms with E-state index in [0.717, 1.165) is 32.2 Å². The van der Waals surface area contributed by atoms with Gasteiger partial charge in [-0.3, -0.25) is 9.69 Å². The average molecular weight is 249 g/mol. The van der Waals surface area contributed by atoms with Gasteiger partial charge in [-0.1, -0.05) is 0 Å². The standard InChI is InChI=1S/C10H17ClN2OS/c11-7-10(14)13-4-2-12(3-5-13)9-1-6-15-8-9/h9H,1-8H2. The van der Waals surface area contributed by atoms with Crippen molar-refractivity contribution in [1.29, 1.82) is 0 Å². The summed E-state index contributed by atoms with van der Waals surface area (Å²) in [5, 5.41) is 0. The van der Waals surface area contributed by atoms with Crippen LogP contribution in [0.15, 0.2) is 0 Å². The number of carbonyl (C=O) groups excluding carboxylic acids is 1. The highest BCUT2D eigenvalue weighted by Crippen LogP contribution is 2.23. The summed E-state index contributed by atoms with van der Waals surface area (Å²) in [7, 11) is 0. The van der Waals surface area contributed by atoms with Crippen LogP contribution in [0.5, 0.6) is 0 Å². The minimum Gasteiger partial charge on any atom is -0.339 e. The molecule has 0 N–H and O–H groups in total. The van der Waals surface area contributed by atoms with Crippen LogP contribution in [0.4, 0.5) is 0 Å². The Bertz CT molecular complexity index is 225. The number of nitrogens with zero attached hydrogens (tertiary/aromatic N) is 2. The van der Waals surface area contributed by atoms with Crippen molar-refractivity contribution < 1.29 is 4.79 Å². The van der Waals surface area contributed by atoms with Gasteiger partial charge in [0.25, 0.3) is 0 Å². The molecule has 0 bridgehead atoms. The van der Waals surface area contributed by atoms with Crippen molar-refractivity contribution >= 4 is 29.3 Å². The largest absolute Gasteiger partial charge is 0.339 e. The van der Waals surface area contributed by atoms with E-state index in [1.807, 2.05) is 16.7 Å². The van der Waals surface area contributed by atoms with Crippen molar-refractivity contribution in [3.05, 3.63) is 0 Å². The lowest BCUT2D eigenvalue weighted by Gasteiger charge is -2.37. The van der Waals surface area contributed by atoms with Crippen LogP contribution in [0.2, 0.25) is 0 Å². The number of halogens is 1. The molecule has 0 aromatic rings. The highest BCUT2D eigenvalue weighted by atomic mass is 35.5. The van der Waals surface area contributed by atoms with Crippen LogP contribution >= 0.6 is 23.4 Å². The lowest BCUT2D eigenvalue weighted by atomic mass is 10.2. The van der Waals surface area contributed by atoms with Crippen LogP contribution in [0.1, 0.15) is 6.42 Å². The van der Waals surface area contributed by atoms with Gasteiger partial charge in [0.05, 0.1) is 0 Å². The maximum Gasteiger partial charge on any atom is 0.237 e. The monoisotopic (exact) mass is 248 g/mol. The Hall–Kier alpha value is 0.0700. The first-order valence-electron chi connectivity index (χ1n) is 5.47. The topological polar surface area (TPSA) is 23.6 Å². The molecule has 0 spiro atoms. The van der Waals surface area contributed by atoms with Gasteiger partial charge in [0.1, 0.15) is 5.88 Å².